The van der Waals surface area contributed by atoms with Crippen LogP contribution >= 0.6 is 0 Å². The van der Waals surface area contributed by atoms with Crippen LogP contribution in [0, 0.1) is 13.8 Å². The normalized spacial score (nSPS) is 11.5. The highest BCUT2D eigenvalue weighted by Gasteiger charge is 2.50. The largest absolute Gasteiger partial charge is 0.403 e. The first-order valence-corrected chi connectivity index (χ1v) is 17.4. The lowest BCUT2D eigenvalue weighted by molar-refractivity contribution is 0.0963. The van der Waals surface area contributed by atoms with Gasteiger partial charge in [-0.15, -0.1) is 0 Å². The molecule has 2 amide bonds. The molecule has 9 nitrogen and oxygen atoms in total. The number of carbonyl (C=O) groups excluding carboxylic acids is 2. The summed E-state index contributed by atoms with van der Waals surface area (Å²) in [6, 6.07) is 29.8. The number of rotatable bonds is 10. The van der Waals surface area contributed by atoms with E-state index in [0.29, 0.717) is 28.6 Å². The van der Waals surface area contributed by atoms with Gasteiger partial charge in [-0.3, -0.25) is 9.59 Å². The van der Waals surface area contributed by atoms with Crippen molar-refractivity contribution in [1.29, 1.82) is 0 Å². The summed E-state index contributed by atoms with van der Waals surface area (Å²) in [5.74, 6) is 0.328. The van der Waals surface area contributed by atoms with E-state index in [1.807, 2.05) is 68.4 Å². The molecule has 0 fully saturated rings. The highest BCUT2D eigenvalue weighted by Crippen LogP contribution is 2.37. The van der Waals surface area contributed by atoms with E-state index in [-0.39, 0.29) is 29.0 Å². The van der Waals surface area contributed by atoms with Crippen molar-refractivity contribution < 1.29 is 14.0 Å². The molecule has 3 aromatic carbocycles. The number of hydrogen-bond donors (Lipinski definition) is 3. The topological polar surface area (TPSA) is 118 Å². The summed E-state index contributed by atoms with van der Waals surface area (Å²) in [6.07, 6.45) is 3.10. The van der Waals surface area contributed by atoms with Crippen molar-refractivity contribution in [1.82, 2.24) is 20.3 Å². The first-order valence-electron chi connectivity index (χ1n) is 15.5. The van der Waals surface area contributed by atoms with Crippen LogP contribution in [0.15, 0.2) is 103 Å². The standard InChI is InChI=1S/C37H40N6O3Si/c1-25-33(23-39-26(2)41-25)42-34-21-32(31(22-40-34)35(44)38-6)43-36(45)30-20-14-13-15-27(30)24-46-47(37(3,4)5,28-16-9-7-10-17-28)29-18-11-8-12-19-29/h7-23H,24H2,1-6H3,(H,38,44)(H2,40,42,43,45). The second-order valence-corrected chi connectivity index (χ2v) is 16.6. The molecule has 0 saturated heterocycles. The molecule has 0 bridgehead atoms. The van der Waals surface area contributed by atoms with Crippen LogP contribution in [0.2, 0.25) is 5.04 Å². The maximum Gasteiger partial charge on any atom is 0.261 e. The van der Waals surface area contributed by atoms with Crippen LogP contribution in [0.25, 0.3) is 0 Å². The summed E-state index contributed by atoms with van der Waals surface area (Å²) in [4.78, 5) is 39.8. The van der Waals surface area contributed by atoms with Gasteiger partial charge in [0.15, 0.2) is 0 Å². The first kappa shape index (κ1) is 33.2. The van der Waals surface area contributed by atoms with Gasteiger partial charge < -0.3 is 20.4 Å². The monoisotopic (exact) mass is 644 g/mol. The molecule has 0 unspecified atom stereocenters. The van der Waals surface area contributed by atoms with Crippen molar-refractivity contribution in [3.8, 4) is 0 Å². The number of pyridine rings is 1. The Morgan fingerprint density at radius 2 is 1.38 bits per heavy atom. The number of nitrogens with one attached hydrogen (secondary N) is 3. The lowest BCUT2D eigenvalue weighted by Crippen LogP contribution is -2.66. The number of aromatic nitrogens is 3. The molecule has 2 aromatic heterocycles. The van der Waals surface area contributed by atoms with Gasteiger partial charge in [0, 0.05) is 24.9 Å². The zero-order valence-corrected chi connectivity index (χ0v) is 28.6. The number of nitrogens with zero attached hydrogens (tertiary/aromatic N) is 3. The summed E-state index contributed by atoms with van der Waals surface area (Å²) >= 11 is 0. The minimum absolute atomic E-state index is 0.217. The SMILES string of the molecule is CNC(=O)c1cnc(Nc2cnc(C)nc2C)cc1NC(=O)c1ccccc1CO[Si](c1ccccc1)(c1ccccc1)C(C)(C)C. The summed E-state index contributed by atoms with van der Waals surface area (Å²) in [6.45, 7) is 10.6. The highest BCUT2D eigenvalue weighted by molar-refractivity contribution is 6.99. The lowest BCUT2D eigenvalue weighted by Gasteiger charge is -2.43. The van der Waals surface area contributed by atoms with E-state index in [0.717, 1.165) is 21.6 Å². The number of hydrogen-bond acceptors (Lipinski definition) is 7. The van der Waals surface area contributed by atoms with Crippen LogP contribution in [0.3, 0.4) is 0 Å². The molecule has 0 aliphatic rings. The Balaban J connectivity index is 1.48. The minimum Gasteiger partial charge on any atom is -0.403 e. The van der Waals surface area contributed by atoms with Crippen molar-refractivity contribution in [2.75, 3.05) is 17.7 Å². The van der Waals surface area contributed by atoms with Gasteiger partial charge in [0.1, 0.15) is 11.6 Å². The van der Waals surface area contributed by atoms with Gasteiger partial charge in [0.25, 0.3) is 20.1 Å². The predicted molar refractivity (Wildman–Crippen MR) is 189 cm³/mol. The van der Waals surface area contributed by atoms with E-state index in [1.165, 1.54) is 13.2 Å². The van der Waals surface area contributed by atoms with Gasteiger partial charge in [-0.2, -0.15) is 0 Å². The number of benzene rings is 3. The lowest BCUT2D eigenvalue weighted by atomic mass is 10.1. The summed E-state index contributed by atoms with van der Waals surface area (Å²) in [5.41, 5.74) is 3.13. The van der Waals surface area contributed by atoms with E-state index < -0.39 is 8.32 Å². The fraction of sp³-hybridized carbons (Fsp3) is 0.216. The molecule has 240 valence electrons. The van der Waals surface area contributed by atoms with E-state index in [4.69, 9.17) is 4.43 Å². The smallest absolute Gasteiger partial charge is 0.261 e. The summed E-state index contributed by atoms with van der Waals surface area (Å²) < 4.78 is 7.14. The Labute approximate surface area is 277 Å². The summed E-state index contributed by atoms with van der Waals surface area (Å²) in [7, 11) is -1.32. The molecule has 3 N–H and O–H groups in total. The molecular formula is C37H40N6O3Si. The van der Waals surface area contributed by atoms with Gasteiger partial charge in [-0.1, -0.05) is 99.6 Å². The second-order valence-electron chi connectivity index (χ2n) is 12.3. The Hall–Kier alpha value is -5.19. The minimum atomic E-state index is -2.86. The molecule has 0 spiro atoms. The second kappa shape index (κ2) is 14.1. The Morgan fingerprint density at radius 1 is 0.766 bits per heavy atom. The molecule has 47 heavy (non-hydrogen) atoms. The molecule has 5 rings (SSSR count). The molecule has 10 heteroatoms. The molecule has 0 aliphatic carbocycles. The molecule has 0 aliphatic heterocycles. The van der Waals surface area contributed by atoms with Crippen LogP contribution in [-0.4, -0.2) is 42.1 Å². The zero-order chi connectivity index (χ0) is 33.6. The van der Waals surface area contributed by atoms with Gasteiger partial charge in [0.05, 0.1) is 35.4 Å². The van der Waals surface area contributed by atoms with Crippen molar-refractivity contribution in [2.45, 2.75) is 46.3 Å². The Bertz CT molecular complexity index is 1840. The fourth-order valence-electron chi connectivity index (χ4n) is 5.79. The molecule has 5 aromatic rings. The molecule has 0 saturated carbocycles. The van der Waals surface area contributed by atoms with Crippen LogP contribution < -0.4 is 26.3 Å². The number of carbonyl (C=O) groups is 2. The fourth-order valence-corrected chi connectivity index (χ4v) is 10.3. The van der Waals surface area contributed by atoms with Crippen LogP contribution in [0.1, 0.15) is 58.6 Å². The molecule has 0 radical (unpaired) electrons. The van der Waals surface area contributed by atoms with Crippen LogP contribution in [0.4, 0.5) is 17.2 Å². The van der Waals surface area contributed by atoms with E-state index in [2.05, 4.69) is 75.9 Å². The number of amides is 2. The van der Waals surface area contributed by atoms with Gasteiger partial charge in [-0.05, 0) is 40.9 Å². The Kier molecular flexibility index (Phi) is 9.93. The molecule has 0 atom stereocenters. The average molecular weight is 645 g/mol. The van der Waals surface area contributed by atoms with Crippen molar-refractivity contribution in [3.05, 3.63) is 132 Å². The Morgan fingerprint density at radius 3 is 1.98 bits per heavy atom. The quantitative estimate of drug-likeness (QED) is 0.162. The van der Waals surface area contributed by atoms with E-state index >= 15 is 0 Å². The van der Waals surface area contributed by atoms with Crippen LogP contribution in [-0.2, 0) is 11.0 Å². The predicted octanol–water partition coefficient (Wildman–Crippen LogP) is 5.92. The maximum atomic E-state index is 14.0. The third-order valence-electron chi connectivity index (χ3n) is 8.11. The number of aryl methyl sites for hydroxylation is 2. The number of anilines is 3. The van der Waals surface area contributed by atoms with Crippen molar-refractivity contribution >= 4 is 47.7 Å². The molecule has 2 heterocycles. The van der Waals surface area contributed by atoms with Gasteiger partial charge >= 0.3 is 0 Å². The maximum absolute atomic E-state index is 14.0. The third-order valence-corrected chi connectivity index (χ3v) is 13.1. The van der Waals surface area contributed by atoms with E-state index in [1.54, 1.807) is 18.3 Å². The van der Waals surface area contributed by atoms with Gasteiger partial charge in [-0.25, -0.2) is 15.0 Å². The molecular weight excluding hydrogens is 605 g/mol. The van der Waals surface area contributed by atoms with Crippen molar-refractivity contribution in [2.24, 2.45) is 0 Å². The zero-order valence-electron chi connectivity index (χ0n) is 27.6. The van der Waals surface area contributed by atoms with E-state index in [9.17, 15) is 9.59 Å². The van der Waals surface area contributed by atoms with Crippen molar-refractivity contribution in [3.63, 3.8) is 0 Å². The summed E-state index contributed by atoms with van der Waals surface area (Å²) in [5, 5.41) is 10.9. The average Bonchev–Trinajstić information content (AvgIpc) is 3.06. The van der Waals surface area contributed by atoms with Gasteiger partial charge in [0.2, 0.25) is 0 Å². The highest BCUT2D eigenvalue weighted by atomic mass is 28.4. The first-order chi connectivity index (χ1) is 22.5. The van der Waals surface area contributed by atoms with Crippen LogP contribution in [0.5, 0.6) is 0 Å². The third kappa shape index (κ3) is 7.13.